The lowest BCUT2D eigenvalue weighted by Crippen LogP contribution is -2.22. The lowest BCUT2D eigenvalue weighted by molar-refractivity contribution is -0.111. The lowest BCUT2D eigenvalue weighted by Gasteiger charge is -2.17. The summed E-state index contributed by atoms with van der Waals surface area (Å²) in [6.45, 7) is 4.66. The van der Waals surface area contributed by atoms with E-state index in [0.717, 1.165) is 10.9 Å². The summed E-state index contributed by atoms with van der Waals surface area (Å²) in [5.74, 6) is 1.95. The molecular weight excluding hydrogens is 400 g/mol. The van der Waals surface area contributed by atoms with Crippen LogP contribution in [-0.4, -0.2) is 67.8 Å². The van der Waals surface area contributed by atoms with E-state index in [1.165, 1.54) is 18.4 Å². The van der Waals surface area contributed by atoms with Crippen LogP contribution in [0.15, 0.2) is 34.3 Å². The zero-order valence-corrected chi connectivity index (χ0v) is 18.7. The van der Waals surface area contributed by atoms with E-state index in [4.69, 9.17) is 9.47 Å². The first-order valence-electron chi connectivity index (χ1n) is 8.85. The Labute approximate surface area is 171 Å². The van der Waals surface area contributed by atoms with E-state index in [-0.39, 0.29) is 4.90 Å². The molecule has 0 aliphatic rings. The summed E-state index contributed by atoms with van der Waals surface area (Å²) in [5.41, 5.74) is 0.665. The number of hydrogen-bond donors (Lipinski definition) is 0. The topological polar surface area (TPSA) is 86.5 Å². The smallest absolute Gasteiger partial charge is 0.242 e. The average molecular weight is 429 g/mol. The second-order valence-electron chi connectivity index (χ2n) is 6.84. The van der Waals surface area contributed by atoms with Gasteiger partial charge in [-0.25, -0.2) is 12.7 Å². The standard InChI is InChI=1S/C18H28N4O4S2/c1-13(2)12-27-18-20-19-17(22(18)11-16(25-5)26-6)14-8-7-9-15(10-14)28(23,24)21(3)4/h7-10,13,16H,11-12H2,1-6H3. The van der Waals surface area contributed by atoms with Gasteiger partial charge in [-0.15, -0.1) is 10.2 Å². The lowest BCUT2D eigenvalue weighted by atomic mass is 10.2. The minimum atomic E-state index is -3.55. The predicted molar refractivity (Wildman–Crippen MR) is 110 cm³/mol. The van der Waals surface area contributed by atoms with Gasteiger partial charge in [0.05, 0.1) is 11.4 Å². The maximum absolute atomic E-state index is 12.5. The molecule has 0 radical (unpaired) electrons. The first-order chi connectivity index (χ1) is 13.2. The molecule has 8 nitrogen and oxygen atoms in total. The molecule has 1 aromatic carbocycles. The third-order valence-electron chi connectivity index (χ3n) is 3.99. The number of aromatic nitrogens is 3. The van der Waals surface area contributed by atoms with Crippen molar-refractivity contribution in [2.75, 3.05) is 34.1 Å². The average Bonchev–Trinajstić information content (AvgIpc) is 3.06. The molecule has 0 fully saturated rings. The Morgan fingerprint density at radius 3 is 2.43 bits per heavy atom. The van der Waals surface area contributed by atoms with Crippen molar-refractivity contribution >= 4 is 21.8 Å². The van der Waals surface area contributed by atoms with Crippen molar-refractivity contribution in [3.8, 4) is 11.4 Å². The SMILES string of the molecule is COC(Cn1c(SCC(C)C)nnc1-c1cccc(S(=O)(=O)N(C)C)c1)OC. The van der Waals surface area contributed by atoms with Gasteiger partial charge in [0.2, 0.25) is 10.0 Å². The van der Waals surface area contributed by atoms with Crippen molar-refractivity contribution in [1.82, 2.24) is 19.1 Å². The van der Waals surface area contributed by atoms with Crippen LogP contribution in [0.25, 0.3) is 11.4 Å². The summed E-state index contributed by atoms with van der Waals surface area (Å²) in [4.78, 5) is 0.205. The first-order valence-corrected chi connectivity index (χ1v) is 11.3. The number of hydrogen-bond acceptors (Lipinski definition) is 7. The summed E-state index contributed by atoms with van der Waals surface area (Å²) < 4.78 is 38.8. The van der Waals surface area contributed by atoms with E-state index >= 15 is 0 Å². The number of thioether (sulfide) groups is 1. The monoisotopic (exact) mass is 428 g/mol. The van der Waals surface area contributed by atoms with E-state index in [1.54, 1.807) is 44.2 Å². The van der Waals surface area contributed by atoms with Crippen molar-refractivity contribution in [3.05, 3.63) is 24.3 Å². The molecule has 0 atom stereocenters. The Kier molecular flexibility index (Phi) is 8.02. The van der Waals surface area contributed by atoms with E-state index in [9.17, 15) is 8.42 Å². The van der Waals surface area contributed by atoms with Crippen LogP contribution < -0.4 is 0 Å². The molecule has 0 bridgehead atoms. The van der Waals surface area contributed by atoms with Gasteiger partial charge in [0.15, 0.2) is 17.3 Å². The summed E-state index contributed by atoms with van der Waals surface area (Å²) >= 11 is 1.60. The molecule has 156 valence electrons. The number of nitrogens with zero attached hydrogens (tertiary/aromatic N) is 4. The highest BCUT2D eigenvalue weighted by Crippen LogP contribution is 2.28. The summed E-state index contributed by atoms with van der Waals surface area (Å²) in [6, 6.07) is 6.71. The molecule has 0 aliphatic carbocycles. The fourth-order valence-electron chi connectivity index (χ4n) is 2.42. The number of rotatable bonds is 10. The minimum absolute atomic E-state index is 0.205. The Hall–Kier alpha value is -1.46. The van der Waals surface area contributed by atoms with Crippen LogP contribution in [-0.2, 0) is 26.0 Å². The Balaban J connectivity index is 2.50. The van der Waals surface area contributed by atoms with E-state index in [0.29, 0.717) is 23.9 Å². The number of methoxy groups -OCH3 is 2. The van der Waals surface area contributed by atoms with Crippen LogP contribution in [0, 0.1) is 5.92 Å². The van der Waals surface area contributed by atoms with E-state index < -0.39 is 16.3 Å². The number of ether oxygens (including phenoxy) is 2. The zero-order valence-electron chi connectivity index (χ0n) is 17.1. The van der Waals surface area contributed by atoms with Crippen molar-refractivity contribution in [1.29, 1.82) is 0 Å². The summed E-state index contributed by atoms with van der Waals surface area (Å²) in [5, 5.41) is 9.38. The van der Waals surface area contributed by atoms with Gasteiger partial charge >= 0.3 is 0 Å². The fraction of sp³-hybridized carbons (Fsp3) is 0.556. The van der Waals surface area contributed by atoms with Crippen LogP contribution >= 0.6 is 11.8 Å². The molecule has 0 N–H and O–H groups in total. The largest absolute Gasteiger partial charge is 0.354 e. The van der Waals surface area contributed by atoms with Gasteiger partial charge in [-0.3, -0.25) is 4.57 Å². The molecule has 0 aliphatic heterocycles. The van der Waals surface area contributed by atoms with Crippen LogP contribution in [0.2, 0.25) is 0 Å². The molecule has 2 rings (SSSR count). The number of sulfonamides is 1. The molecule has 2 aromatic rings. The minimum Gasteiger partial charge on any atom is -0.354 e. The summed E-state index contributed by atoms with van der Waals surface area (Å²) in [7, 11) is 2.61. The Morgan fingerprint density at radius 2 is 1.86 bits per heavy atom. The van der Waals surface area contributed by atoms with Gasteiger partial charge in [-0.2, -0.15) is 0 Å². The second kappa shape index (κ2) is 9.84. The van der Waals surface area contributed by atoms with Gasteiger partial charge in [0.25, 0.3) is 0 Å². The zero-order chi connectivity index (χ0) is 20.9. The quantitative estimate of drug-likeness (QED) is 0.425. The van der Waals surface area contributed by atoms with Gasteiger partial charge in [-0.05, 0) is 18.1 Å². The van der Waals surface area contributed by atoms with Gasteiger partial charge in [0.1, 0.15) is 0 Å². The molecule has 0 amide bonds. The maximum Gasteiger partial charge on any atom is 0.242 e. The maximum atomic E-state index is 12.5. The molecular formula is C18H28N4O4S2. The molecule has 1 aromatic heterocycles. The highest BCUT2D eigenvalue weighted by Gasteiger charge is 2.22. The van der Waals surface area contributed by atoms with Crippen LogP contribution in [0.3, 0.4) is 0 Å². The third-order valence-corrected chi connectivity index (χ3v) is 7.20. The fourth-order valence-corrected chi connectivity index (χ4v) is 4.26. The number of benzene rings is 1. The van der Waals surface area contributed by atoms with Crippen molar-refractivity contribution in [2.24, 2.45) is 5.92 Å². The normalized spacial score (nSPS) is 12.5. The van der Waals surface area contributed by atoms with Gasteiger partial charge < -0.3 is 9.47 Å². The molecule has 28 heavy (non-hydrogen) atoms. The molecule has 10 heteroatoms. The molecule has 0 saturated carbocycles. The Bertz CT molecular complexity index is 877. The highest BCUT2D eigenvalue weighted by molar-refractivity contribution is 7.99. The van der Waals surface area contributed by atoms with Crippen LogP contribution in [0.1, 0.15) is 13.8 Å². The highest BCUT2D eigenvalue weighted by atomic mass is 32.2. The van der Waals surface area contributed by atoms with Crippen molar-refractivity contribution < 1.29 is 17.9 Å². The molecule has 1 heterocycles. The van der Waals surface area contributed by atoms with Crippen LogP contribution in [0.4, 0.5) is 0 Å². The molecule has 0 spiro atoms. The van der Waals surface area contributed by atoms with Crippen molar-refractivity contribution in [3.63, 3.8) is 0 Å². The van der Waals surface area contributed by atoms with Crippen molar-refractivity contribution in [2.45, 2.75) is 36.7 Å². The molecule has 0 unspecified atom stereocenters. The second-order valence-corrected chi connectivity index (χ2v) is 9.98. The third kappa shape index (κ3) is 5.32. The van der Waals surface area contributed by atoms with Gasteiger partial charge in [-0.1, -0.05) is 37.7 Å². The van der Waals surface area contributed by atoms with E-state index in [2.05, 4.69) is 24.0 Å². The Morgan fingerprint density at radius 1 is 1.18 bits per heavy atom. The van der Waals surface area contributed by atoms with E-state index in [1.807, 2.05) is 10.6 Å². The molecule has 0 saturated heterocycles. The van der Waals surface area contributed by atoms with Gasteiger partial charge in [0, 0.05) is 39.6 Å². The predicted octanol–water partition coefficient (Wildman–Crippen LogP) is 2.56. The summed E-state index contributed by atoms with van der Waals surface area (Å²) in [6.07, 6.45) is -0.471. The first kappa shape index (κ1) is 22.8. The van der Waals surface area contributed by atoms with Crippen LogP contribution in [0.5, 0.6) is 0 Å².